The van der Waals surface area contributed by atoms with Crippen LogP contribution < -0.4 is 9.47 Å². The smallest absolute Gasteiger partial charge is 0.310 e. The molecule has 1 N–H and O–H groups in total. The van der Waals surface area contributed by atoms with Gasteiger partial charge in [0.15, 0.2) is 11.5 Å². The van der Waals surface area contributed by atoms with Crippen molar-refractivity contribution in [1.82, 2.24) is 4.90 Å². The van der Waals surface area contributed by atoms with Crippen LogP contribution in [0.15, 0.2) is 18.2 Å². The lowest BCUT2D eigenvalue weighted by Gasteiger charge is -2.23. The van der Waals surface area contributed by atoms with E-state index in [0.29, 0.717) is 30.9 Å². The maximum atomic E-state index is 11.5. The van der Waals surface area contributed by atoms with Crippen molar-refractivity contribution in [2.75, 3.05) is 27.3 Å². The zero-order chi connectivity index (χ0) is 15.5. The van der Waals surface area contributed by atoms with Crippen LogP contribution in [-0.2, 0) is 11.3 Å². The number of carbonyl (C=O) groups is 1. The molecule has 116 valence electrons. The monoisotopic (exact) mass is 293 g/mol. The number of benzene rings is 1. The van der Waals surface area contributed by atoms with Gasteiger partial charge in [0.05, 0.1) is 19.6 Å². The van der Waals surface area contributed by atoms with Gasteiger partial charge in [0, 0.05) is 13.1 Å². The summed E-state index contributed by atoms with van der Waals surface area (Å²) in [6.45, 7) is 4.10. The maximum absolute atomic E-state index is 11.5. The Labute approximate surface area is 125 Å². The number of likely N-dealkylation sites (tertiary alicyclic amines) is 1. The Hall–Kier alpha value is -1.75. The highest BCUT2D eigenvalue weighted by molar-refractivity contribution is 5.75. The van der Waals surface area contributed by atoms with E-state index in [2.05, 4.69) is 4.90 Å². The molecular formula is C16H23NO4. The maximum Gasteiger partial charge on any atom is 0.310 e. The van der Waals surface area contributed by atoms with Crippen LogP contribution in [0.5, 0.6) is 11.5 Å². The summed E-state index contributed by atoms with van der Waals surface area (Å²) in [4.78, 5) is 13.7. The molecule has 0 amide bonds. The first-order valence-corrected chi connectivity index (χ1v) is 7.21. The molecular weight excluding hydrogens is 270 g/mol. The van der Waals surface area contributed by atoms with Gasteiger partial charge in [-0.05, 0) is 37.1 Å². The molecule has 1 saturated heterocycles. The van der Waals surface area contributed by atoms with Gasteiger partial charge in [-0.2, -0.15) is 0 Å². The van der Waals surface area contributed by atoms with Gasteiger partial charge in [0.25, 0.3) is 0 Å². The standard InChI is InChI=1S/C16H23NO4/c1-4-16(15(18)19)7-8-17(11-16)10-12-5-6-13(20-2)14(9-12)21-3/h5-6,9H,4,7-8,10-11H2,1-3H3,(H,18,19). The van der Waals surface area contributed by atoms with Crippen LogP contribution in [0.4, 0.5) is 0 Å². The molecule has 0 saturated carbocycles. The van der Waals surface area contributed by atoms with Crippen molar-refractivity contribution in [2.45, 2.75) is 26.3 Å². The number of ether oxygens (including phenoxy) is 2. The quantitative estimate of drug-likeness (QED) is 0.872. The first kappa shape index (κ1) is 15.6. The molecule has 0 bridgehead atoms. The Bertz CT molecular complexity index is 517. The summed E-state index contributed by atoms with van der Waals surface area (Å²) >= 11 is 0. The normalized spacial score (nSPS) is 22.2. The first-order valence-electron chi connectivity index (χ1n) is 7.21. The number of carboxylic acids is 1. The fourth-order valence-corrected chi connectivity index (χ4v) is 2.94. The van der Waals surface area contributed by atoms with Crippen molar-refractivity contribution in [2.24, 2.45) is 5.41 Å². The lowest BCUT2D eigenvalue weighted by molar-refractivity contribution is -0.148. The second-order valence-corrected chi connectivity index (χ2v) is 5.59. The van der Waals surface area contributed by atoms with Crippen molar-refractivity contribution >= 4 is 5.97 Å². The van der Waals surface area contributed by atoms with Crippen molar-refractivity contribution in [3.05, 3.63) is 23.8 Å². The van der Waals surface area contributed by atoms with E-state index in [-0.39, 0.29) is 0 Å². The summed E-state index contributed by atoms with van der Waals surface area (Å²) in [5, 5.41) is 9.43. The second-order valence-electron chi connectivity index (χ2n) is 5.59. The molecule has 5 nitrogen and oxygen atoms in total. The van der Waals surface area contributed by atoms with Crippen molar-refractivity contribution in [3.8, 4) is 11.5 Å². The van der Waals surface area contributed by atoms with Gasteiger partial charge in [-0.15, -0.1) is 0 Å². The number of hydrogen-bond donors (Lipinski definition) is 1. The number of carboxylic acid groups (broad SMARTS) is 1. The Morgan fingerprint density at radius 2 is 2.05 bits per heavy atom. The van der Waals surface area contributed by atoms with Gasteiger partial charge in [0.1, 0.15) is 0 Å². The number of nitrogens with zero attached hydrogens (tertiary/aromatic N) is 1. The zero-order valence-corrected chi connectivity index (χ0v) is 12.9. The van der Waals surface area contributed by atoms with E-state index in [4.69, 9.17) is 9.47 Å². The van der Waals surface area contributed by atoms with Crippen LogP contribution in [0.1, 0.15) is 25.3 Å². The summed E-state index contributed by atoms with van der Waals surface area (Å²) in [5.74, 6) is 0.727. The molecule has 1 aliphatic heterocycles. The third-order valence-corrected chi connectivity index (χ3v) is 4.42. The van der Waals surface area contributed by atoms with Crippen LogP contribution >= 0.6 is 0 Å². The first-order chi connectivity index (χ1) is 10.0. The summed E-state index contributed by atoms with van der Waals surface area (Å²) < 4.78 is 10.5. The summed E-state index contributed by atoms with van der Waals surface area (Å²) in [7, 11) is 3.23. The van der Waals surface area contributed by atoms with E-state index >= 15 is 0 Å². The molecule has 0 aromatic heterocycles. The Morgan fingerprint density at radius 1 is 1.33 bits per heavy atom. The molecule has 0 radical (unpaired) electrons. The summed E-state index contributed by atoms with van der Waals surface area (Å²) in [5.41, 5.74) is 0.515. The van der Waals surface area contributed by atoms with Crippen molar-refractivity contribution in [3.63, 3.8) is 0 Å². The summed E-state index contributed by atoms with van der Waals surface area (Å²) in [6.07, 6.45) is 1.39. The summed E-state index contributed by atoms with van der Waals surface area (Å²) in [6, 6.07) is 5.83. The predicted molar refractivity (Wildman–Crippen MR) is 79.8 cm³/mol. The molecule has 1 unspecified atom stereocenters. The molecule has 1 aliphatic rings. The second kappa shape index (κ2) is 6.35. The van der Waals surface area contributed by atoms with E-state index in [0.717, 1.165) is 18.7 Å². The fraction of sp³-hybridized carbons (Fsp3) is 0.562. The van der Waals surface area contributed by atoms with Gasteiger partial charge in [-0.1, -0.05) is 13.0 Å². The van der Waals surface area contributed by atoms with Gasteiger partial charge in [-0.25, -0.2) is 0 Å². The molecule has 21 heavy (non-hydrogen) atoms. The van der Waals surface area contributed by atoms with Crippen molar-refractivity contribution < 1.29 is 19.4 Å². The molecule has 1 atom stereocenters. The lowest BCUT2D eigenvalue weighted by Crippen LogP contribution is -2.33. The van der Waals surface area contributed by atoms with E-state index < -0.39 is 11.4 Å². The number of methoxy groups -OCH3 is 2. The lowest BCUT2D eigenvalue weighted by atomic mass is 9.84. The van der Waals surface area contributed by atoms with Crippen LogP contribution in [0, 0.1) is 5.41 Å². The molecule has 0 spiro atoms. The molecule has 5 heteroatoms. The molecule has 0 aliphatic carbocycles. The molecule has 1 aromatic rings. The third kappa shape index (κ3) is 3.13. The van der Waals surface area contributed by atoms with E-state index in [1.807, 2.05) is 25.1 Å². The molecule has 1 aromatic carbocycles. The minimum atomic E-state index is -0.681. The van der Waals surface area contributed by atoms with E-state index in [1.54, 1.807) is 14.2 Å². The predicted octanol–water partition coefficient (Wildman–Crippen LogP) is 2.39. The number of hydrogen-bond acceptors (Lipinski definition) is 4. The Morgan fingerprint density at radius 3 is 2.57 bits per heavy atom. The van der Waals surface area contributed by atoms with Gasteiger partial charge in [0.2, 0.25) is 0 Å². The number of rotatable bonds is 6. The van der Waals surface area contributed by atoms with Crippen molar-refractivity contribution in [1.29, 1.82) is 0 Å². The fourth-order valence-electron chi connectivity index (χ4n) is 2.94. The minimum absolute atomic E-state index is 0.587. The molecule has 1 heterocycles. The number of aliphatic carboxylic acids is 1. The van der Waals surface area contributed by atoms with Gasteiger partial charge >= 0.3 is 5.97 Å². The SMILES string of the molecule is CCC1(C(=O)O)CCN(Cc2ccc(OC)c(OC)c2)C1. The average Bonchev–Trinajstić information content (AvgIpc) is 2.91. The van der Waals surface area contributed by atoms with Crippen LogP contribution in [0.3, 0.4) is 0 Å². The highest BCUT2D eigenvalue weighted by atomic mass is 16.5. The van der Waals surface area contributed by atoms with E-state index in [1.165, 1.54) is 0 Å². The average molecular weight is 293 g/mol. The zero-order valence-electron chi connectivity index (χ0n) is 12.9. The minimum Gasteiger partial charge on any atom is -0.493 e. The Balaban J connectivity index is 2.08. The Kier molecular flexibility index (Phi) is 4.73. The van der Waals surface area contributed by atoms with Crippen LogP contribution in [0.2, 0.25) is 0 Å². The van der Waals surface area contributed by atoms with E-state index in [9.17, 15) is 9.90 Å². The van der Waals surface area contributed by atoms with Crippen LogP contribution in [-0.4, -0.2) is 43.3 Å². The third-order valence-electron chi connectivity index (χ3n) is 4.42. The molecule has 2 rings (SSSR count). The largest absolute Gasteiger partial charge is 0.493 e. The van der Waals surface area contributed by atoms with Crippen LogP contribution in [0.25, 0.3) is 0 Å². The highest BCUT2D eigenvalue weighted by Crippen LogP contribution is 2.35. The van der Waals surface area contributed by atoms with Gasteiger partial charge in [-0.3, -0.25) is 9.69 Å². The topological polar surface area (TPSA) is 59.0 Å². The molecule has 1 fully saturated rings. The highest BCUT2D eigenvalue weighted by Gasteiger charge is 2.43. The van der Waals surface area contributed by atoms with Gasteiger partial charge < -0.3 is 14.6 Å².